The SMILES string of the molecule is CCOC(=O)C=Cc1ccc2c(c1)c(CCc1ccccc1)cn2-c1ccc(OCc2ccccc2)cc1. The van der Waals surface area contributed by atoms with E-state index in [1.165, 1.54) is 22.6 Å². The van der Waals surface area contributed by atoms with Gasteiger partial charge in [-0.05, 0) is 84.5 Å². The summed E-state index contributed by atoms with van der Waals surface area (Å²) >= 11 is 0. The zero-order valence-electron chi connectivity index (χ0n) is 21.5. The van der Waals surface area contributed by atoms with E-state index in [9.17, 15) is 4.79 Å². The molecule has 1 heterocycles. The van der Waals surface area contributed by atoms with E-state index >= 15 is 0 Å². The molecule has 4 heteroatoms. The van der Waals surface area contributed by atoms with E-state index < -0.39 is 0 Å². The maximum atomic E-state index is 11.8. The van der Waals surface area contributed by atoms with Gasteiger partial charge in [-0.3, -0.25) is 0 Å². The highest BCUT2D eigenvalue weighted by Gasteiger charge is 2.11. The van der Waals surface area contributed by atoms with Crippen molar-refractivity contribution in [2.75, 3.05) is 6.61 Å². The lowest BCUT2D eigenvalue weighted by Gasteiger charge is -2.09. The van der Waals surface area contributed by atoms with Crippen LogP contribution in [0.1, 0.15) is 29.2 Å². The Hall–Kier alpha value is -4.57. The van der Waals surface area contributed by atoms with Crippen LogP contribution in [-0.4, -0.2) is 17.1 Å². The lowest BCUT2D eigenvalue weighted by atomic mass is 10.0. The van der Waals surface area contributed by atoms with Gasteiger partial charge in [0, 0.05) is 23.3 Å². The second kappa shape index (κ2) is 12.1. The molecule has 0 spiro atoms. The van der Waals surface area contributed by atoms with E-state index in [4.69, 9.17) is 9.47 Å². The number of fused-ring (bicyclic) bond motifs is 1. The molecule has 0 fully saturated rings. The molecule has 0 bridgehead atoms. The molecule has 0 atom stereocenters. The fourth-order valence-corrected chi connectivity index (χ4v) is 4.55. The third kappa shape index (κ3) is 6.22. The van der Waals surface area contributed by atoms with E-state index in [1.54, 1.807) is 0 Å². The highest BCUT2D eigenvalue weighted by molar-refractivity contribution is 5.91. The number of aromatic nitrogens is 1. The summed E-state index contributed by atoms with van der Waals surface area (Å²) in [5, 5.41) is 1.18. The standard InChI is InChI=1S/C34H31NO3/c1-2-37-34(36)22-15-27-14-21-33-32(23-27)29(16-13-26-9-5-3-6-10-26)24-35(33)30-17-19-31(20-18-30)38-25-28-11-7-4-8-12-28/h3-12,14-15,17-24H,2,13,16,25H2,1H3. The quantitative estimate of drug-likeness (QED) is 0.146. The van der Waals surface area contributed by atoms with E-state index in [0.29, 0.717) is 13.2 Å². The first-order valence-electron chi connectivity index (χ1n) is 13.0. The number of aryl methyl sites for hydroxylation is 2. The summed E-state index contributed by atoms with van der Waals surface area (Å²) in [6, 6.07) is 35.2. The van der Waals surface area contributed by atoms with Crippen LogP contribution in [0.4, 0.5) is 0 Å². The van der Waals surface area contributed by atoms with Crippen molar-refractivity contribution in [3.05, 3.63) is 138 Å². The minimum Gasteiger partial charge on any atom is -0.489 e. The van der Waals surface area contributed by atoms with Crippen molar-refractivity contribution in [1.29, 1.82) is 0 Å². The fourth-order valence-electron chi connectivity index (χ4n) is 4.55. The number of carbonyl (C=O) groups excluding carboxylic acids is 1. The van der Waals surface area contributed by atoms with Crippen LogP contribution in [-0.2, 0) is 29.0 Å². The zero-order chi connectivity index (χ0) is 26.2. The lowest BCUT2D eigenvalue weighted by Crippen LogP contribution is -1.98. The first-order chi connectivity index (χ1) is 18.7. The van der Waals surface area contributed by atoms with Crippen molar-refractivity contribution >= 4 is 22.9 Å². The first kappa shape index (κ1) is 25.1. The summed E-state index contributed by atoms with van der Waals surface area (Å²) in [5.41, 5.74) is 6.88. The summed E-state index contributed by atoms with van der Waals surface area (Å²) in [6.07, 6.45) is 7.40. The van der Waals surface area contributed by atoms with Crippen LogP contribution >= 0.6 is 0 Å². The van der Waals surface area contributed by atoms with Crippen LogP contribution in [0.5, 0.6) is 5.75 Å². The van der Waals surface area contributed by atoms with Gasteiger partial charge in [-0.2, -0.15) is 0 Å². The Morgan fingerprint density at radius 1 is 0.816 bits per heavy atom. The Morgan fingerprint density at radius 3 is 2.24 bits per heavy atom. The summed E-state index contributed by atoms with van der Waals surface area (Å²) in [5.74, 6) is 0.508. The molecule has 0 saturated heterocycles. The molecule has 38 heavy (non-hydrogen) atoms. The average Bonchev–Trinajstić information content (AvgIpc) is 3.33. The molecule has 4 nitrogen and oxygen atoms in total. The molecule has 190 valence electrons. The van der Waals surface area contributed by atoms with Crippen LogP contribution < -0.4 is 4.74 Å². The van der Waals surface area contributed by atoms with Crippen molar-refractivity contribution in [2.24, 2.45) is 0 Å². The molecule has 5 aromatic rings. The largest absolute Gasteiger partial charge is 0.489 e. The second-order valence-corrected chi connectivity index (χ2v) is 9.14. The van der Waals surface area contributed by atoms with Gasteiger partial charge >= 0.3 is 5.97 Å². The van der Waals surface area contributed by atoms with Crippen molar-refractivity contribution < 1.29 is 14.3 Å². The number of carbonyl (C=O) groups is 1. The maximum absolute atomic E-state index is 11.8. The van der Waals surface area contributed by atoms with Gasteiger partial charge in [-0.1, -0.05) is 66.7 Å². The number of benzene rings is 4. The van der Waals surface area contributed by atoms with Gasteiger partial charge in [0.15, 0.2) is 0 Å². The topological polar surface area (TPSA) is 40.5 Å². The highest BCUT2D eigenvalue weighted by Crippen LogP contribution is 2.29. The van der Waals surface area contributed by atoms with Crippen molar-refractivity contribution in [1.82, 2.24) is 4.57 Å². The normalized spacial score (nSPS) is 11.2. The molecular weight excluding hydrogens is 470 g/mol. The minimum absolute atomic E-state index is 0.330. The molecule has 0 aliphatic carbocycles. The zero-order valence-corrected chi connectivity index (χ0v) is 21.5. The minimum atomic E-state index is -0.330. The van der Waals surface area contributed by atoms with Gasteiger partial charge in [-0.15, -0.1) is 0 Å². The average molecular weight is 502 g/mol. The Bertz CT molecular complexity index is 1520. The molecule has 0 aliphatic heterocycles. The Balaban J connectivity index is 1.42. The molecule has 5 rings (SSSR count). The van der Waals surface area contributed by atoms with E-state index in [0.717, 1.165) is 40.9 Å². The van der Waals surface area contributed by atoms with Gasteiger partial charge < -0.3 is 14.0 Å². The number of nitrogens with zero attached hydrogens (tertiary/aromatic N) is 1. The smallest absolute Gasteiger partial charge is 0.330 e. The predicted molar refractivity (Wildman–Crippen MR) is 154 cm³/mol. The molecule has 1 aromatic heterocycles. The summed E-state index contributed by atoms with van der Waals surface area (Å²) in [4.78, 5) is 11.8. The number of rotatable bonds is 10. The number of ether oxygens (including phenoxy) is 2. The summed E-state index contributed by atoms with van der Waals surface area (Å²) in [7, 11) is 0. The highest BCUT2D eigenvalue weighted by atomic mass is 16.5. The number of hydrogen-bond acceptors (Lipinski definition) is 3. The third-order valence-corrected chi connectivity index (χ3v) is 6.50. The van der Waals surface area contributed by atoms with Crippen LogP contribution in [0, 0.1) is 0 Å². The second-order valence-electron chi connectivity index (χ2n) is 9.14. The molecule has 0 aliphatic rings. The fraction of sp³-hybridized carbons (Fsp3) is 0.147. The van der Waals surface area contributed by atoms with E-state index in [1.807, 2.05) is 55.5 Å². The Labute approximate surface area is 223 Å². The van der Waals surface area contributed by atoms with Gasteiger partial charge in [0.2, 0.25) is 0 Å². The lowest BCUT2D eigenvalue weighted by molar-refractivity contribution is -0.137. The molecule has 0 saturated carbocycles. The van der Waals surface area contributed by atoms with Crippen LogP contribution in [0.15, 0.2) is 115 Å². The molecule has 0 amide bonds. The van der Waals surface area contributed by atoms with Gasteiger partial charge in [-0.25, -0.2) is 4.79 Å². The molecule has 0 unspecified atom stereocenters. The maximum Gasteiger partial charge on any atom is 0.330 e. The molecule has 0 N–H and O–H groups in total. The monoisotopic (exact) mass is 501 g/mol. The number of esters is 1. The Morgan fingerprint density at radius 2 is 1.53 bits per heavy atom. The van der Waals surface area contributed by atoms with Gasteiger partial charge in [0.05, 0.1) is 12.1 Å². The van der Waals surface area contributed by atoms with Crippen LogP contribution in [0.3, 0.4) is 0 Å². The van der Waals surface area contributed by atoms with Crippen molar-refractivity contribution in [2.45, 2.75) is 26.4 Å². The van der Waals surface area contributed by atoms with Gasteiger partial charge in [0.25, 0.3) is 0 Å². The predicted octanol–water partition coefficient (Wildman–Crippen LogP) is 7.57. The van der Waals surface area contributed by atoms with Crippen molar-refractivity contribution in [3.63, 3.8) is 0 Å². The number of hydrogen-bond donors (Lipinski definition) is 0. The molecule has 0 radical (unpaired) electrons. The van der Waals surface area contributed by atoms with E-state index in [-0.39, 0.29) is 5.97 Å². The molecular formula is C34H31NO3. The van der Waals surface area contributed by atoms with E-state index in [2.05, 4.69) is 71.4 Å². The summed E-state index contributed by atoms with van der Waals surface area (Å²) < 4.78 is 13.3. The Kier molecular flexibility index (Phi) is 8.00. The third-order valence-electron chi connectivity index (χ3n) is 6.50. The van der Waals surface area contributed by atoms with Gasteiger partial charge in [0.1, 0.15) is 12.4 Å². The first-order valence-corrected chi connectivity index (χ1v) is 13.0. The van der Waals surface area contributed by atoms with Crippen LogP contribution in [0.2, 0.25) is 0 Å². The summed E-state index contributed by atoms with van der Waals surface area (Å²) in [6.45, 7) is 2.71. The molecule has 4 aromatic carbocycles. The van der Waals surface area contributed by atoms with Crippen LogP contribution in [0.25, 0.3) is 22.7 Å². The van der Waals surface area contributed by atoms with Crippen molar-refractivity contribution in [3.8, 4) is 11.4 Å².